The van der Waals surface area contributed by atoms with Crippen LogP contribution in [0.15, 0.2) is 0 Å². The molecule has 0 radical (unpaired) electrons. The predicted molar refractivity (Wildman–Crippen MR) is 53.9 cm³/mol. The van der Waals surface area contributed by atoms with Crippen LogP contribution in [0.2, 0.25) is 0 Å². The molecule has 2 saturated heterocycles. The summed E-state index contributed by atoms with van der Waals surface area (Å²) in [5.41, 5.74) is 0.336. The highest BCUT2D eigenvalue weighted by Crippen LogP contribution is 2.37. The molecule has 1 atom stereocenters. The van der Waals surface area contributed by atoms with Crippen LogP contribution in [0.5, 0.6) is 0 Å². The molecule has 80 valence electrons. The summed E-state index contributed by atoms with van der Waals surface area (Å²) >= 11 is 0. The maximum absolute atomic E-state index is 11.9. The zero-order valence-corrected chi connectivity index (χ0v) is 9.08. The van der Waals surface area contributed by atoms with E-state index in [1.165, 1.54) is 0 Å². The van der Waals surface area contributed by atoms with Gasteiger partial charge in [0.15, 0.2) is 0 Å². The van der Waals surface area contributed by atoms with Crippen LogP contribution in [0.3, 0.4) is 0 Å². The smallest absolute Gasteiger partial charge is 0.225 e. The lowest BCUT2D eigenvalue weighted by Gasteiger charge is -2.37. The third-order valence-electron chi connectivity index (χ3n) is 3.60. The van der Waals surface area contributed by atoms with Gasteiger partial charge in [-0.2, -0.15) is 0 Å². The van der Waals surface area contributed by atoms with Gasteiger partial charge < -0.3 is 9.64 Å². The molecule has 2 heterocycles. The molecular weight excluding hydrogens is 178 g/mol. The van der Waals surface area contributed by atoms with Crippen LogP contribution in [0.1, 0.15) is 26.7 Å². The van der Waals surface area contributed by atoms with Gasteiger partial charge in [-0.05, 0) is 12.8 Å². The number of ether oxygens (including phenoxy) is 1. The number of hydrogen-bond acceptors (Lipinski definition) is 2. The maximum atomic E-state index is 11.9. The number of amides is 1. The number of rotatable bonds is 2. The highest BCUT2D eigenvalue weighted by atomic mass is 16.5. The zero-order valence-electron chi connectivity index (χ0n) is 9.08. The minimum atomic E-state index is 0.186. The van der Waals surface area contributed by atoms with Crippen molar-refractivity contribution in [3.63, 3.8) is 0 Å². The quantitative estimate of drug-likeness (QED) is 0.667. The Morgan fingerprint density at radius 1 is 1.57 bits per heavy atom. The van der Waals surface area contributed by atoms with Crippen molar-refractivity contribution in [3.8, 4) is 0 Å². The van der Waals surface area contributed by atoms with E-state index in [9.17, 15) is 4.79 Å². The Bertz CT molecular complexity index is 235. The third kappa shape index (κ3) is 1.54. The molecule has 2 aliphatic heterocycles. The molecule has 0 aromatic carbocycles. The Morgan fingerprint density at radius 2 is 2.29 bits per heavy atom. The van der Waals surface area contributed by atoms with E-state index in [1.54, 1.807) is 0 Å². The van der Waals surface area contributed by atoms with Gasteiger partial charge in [0, 0.05) is 24.4 Å². The highest BCUT2D eigenvalue weighted by molar-refractivity contribution is 5.78. The van der Waals surface area contributed by atoms with Gasteiger partial charge >= 0.3 is 0 Å². The Balaban J connectivity index is 1.91. The Morgan fingerprint density at radius 3 is 2.71 bits per heavy atom. The summed E-state index contributed by atoms with van der Waals surface area (Å²) < 4.78 is 5.24. The summed E-state index contributed by atoms with van der Waals surface area (Å²) in [7, 11) is 0. The standard InChI is InChI=1S/C11H19NO2/c1-3-9(2)10(13)12-5-4-11(6-12)7-14-8-11/h9H,3-8H2,1-2H3. The molecule has 2 aliphatic rings. The third-order valence-corrected chi connectivity index (χ3v) is 3.60. The minimum Gasteiger partial charge on any atom is -0.380 e. The fraction of sp³-hybridized carbons (Fsp3) is 0.909. The Labute approximate surface area is 85.4 Å². The number of carbonyl (C=O) groups excluding carboxylic acids is 1. The lowest BCUT2D eigenvalue weighted by atomic mass is 9.85. The van der Waals surface area contributed by atoms with E-state index in [2.05, 4.69) is 6.92 Å². The van der Waals surface area contributed by atoms with Crippen molar-refractivity contribution in [3.05, 3.63) is 0 Å². The van der Waals surface area contributed by atoms with Crippen molar-refractivity contribution >= 4 is 5.91 Å². The van der Waals surface area contributed by atoms with Gasteiger partial charge in [-0.25, -0.2) is 0 Å². The second-order valence-electron chi connectivity index (χ2n) is 4.81. The topological polar surface area (TPSA) is 29.5 Å². The van der Waals surface area contributed by atoms with Crippen LogP contribution in [0.4, 0.5) is 0 Å². The minimum absolute atomic E-state index is 0.186. The SMILES string of the molecule is CCC(C)C(=O)N1CCC2(COC2)C1. The summed E-state index contributed by atoms with van der Waals surface area (Å²) in [5.74, 6) is 0.516. The number of likely N-dealkylation sites (tertiary alicyclic amines) is 1. The summed E-state index contributed by atoms with van der Waals surface area (Å²) in [6, 6.07) is 0. The lowest BCUT2D eigenvalue weighted by molar-refractivity contribution is -0.138. The first-order valence-corrected chi connectivity index (χ1v) is 5.53. The van der Waals surface area contributed by atoms with Crippen molar-refractivity contribution in [2.24, 2.45) is 11.3 Å². The van der Waals surface area contributed by atoms with Gasteiger partial charge in [0.25, 0.3) is 0 Å². The highest BCUT2D eigenvalue weighted by Gasteiger charge is 2.45. The van der Waals surface area contributed by atoms with Crippen LogP contribution < -0.4 is 0 Å². The molecule has 14 heavy (non-hydrogen) atoms. The molecule has 1 unspecified atom stereocenters. The Hall–Kier alpha value is -0.570. The van der Waals surface area contributed by atoms with Crippen molar-refractivity contribution in [1.82, 2.24) is 4.90 Å². The second-order valence-corrected chi connectivity index (χ2v) is 4.81. The molecule has 0 aliphatic carbocycles. The molecule has 2 rings (SSSR count). The van der Waals surface area contributed by atoms with Crippen LogP contribution in [-0.4, -0.2) is 37.1 Å². The van der Waals surface area contributed by atoms with Crippen molar-refractivity contribution in [1.29, 1.82) is 0 Å². The predicted octanol–water partition coefficient (Wildman–Crippen LogP) is 1.28. The Kier molecular flexibility index (Phi) is 2.52. The monoisotopic (exact) mass is 197 g/mol. The van der Waals surface area contributed by atoms with Gasteiger partial charge in [-0.15, -0.1) is 0 Å². The summed E-state index contributed by atoms with van der Waals surface area (Å²) in [5, 5.41) is 0. The first-order chi connectivity index (χ1) is 6.67. The van der Waals surface area contributed by atoms with Crippen molar-refractivity contribution in [2.75, 3.05) is 26.3 Å². The van der Waals surface area contributed by atoms with E-state index in [0.29, 0.717) is 11.3 Å². The van der Waals surface area contributed by atoms with Crippen LogP contribution in [-0.2, 0) is 9.53 Å². The van der Waals surface area contributed by atoms with Gasteiger partial charge in [0.1, 0.15) is 0 Å². The molecule has 0 aromatic rings. The molecule has 0 bridgehead atoms. The fourth-order valence-electron chi connectivity index (χ4n) is 2.24. The second kappa shape index (κ2) is 3.54. The van der Waals surface area contributed by atoms with E-state index < -0.39 is 0 Å². The summed E-state index contributed by atoms with van der Waals surface area (Å²) in [6.45, 7) is 7.67. The molecular formula is C11H19NO2. The number of hydrogen-bond donors (Lipinski definition) is 0. The first-order valence-electron chi connectivity index (χ1n) is 5.53. The van der Waals surface area contributed by atoms with Crippen LogP contribution in [0, 0.1) is 11.3 Å². The van der Waals surface area contributed by atoms with E-state index >= 15 is 0 Å². The zero-order chi connectivity index (χ0) is 10.2. The molecule has 0 aromatic heterocycles. The molecule has 3 heteroatoms. The molecule has 1 amide bonds. The first kappa shape index (κ1) is 9.97. The molecule has 0 saturated carbocycles. The van der Waals surface area contributed by atoms with E-state index in [0.717, 1.165) is 39.1 Å². The average Bonchev–Trinajstić information content (AvgIpc) is 2.59. The summed E-state index contributed by atoms with van der Waals surface area (Å²) in [6.07, 6.45) is 2.08. The number of carbonyl (C=O) groups is 1. The maximum Gasteiger partial charge on any atom is 0.225 e. The number of nitrogens with zero attached hydrogens (tertiary/aromatic N) is 1. The lowest BCUT2D eigenvalue weighted by Crippen LogP contribution is -2.46. The van der Waals surface area contributed by atoms with E-state index in [1.807, 2.05) is 11.8 Å². The summed E-state index contributed by atoms with van der Waals surface area (Å²) in [4.78, 5) is 13.9. The van der Waals surface area contributed by atoms with Crippen LogP contribution in [0.25, 0.3) is 0 Å². The van der Waals surface area contributed by atoms with E-state index in [4.69, 9.17) is 4.74 Å². The van der Waals surface area contributed by atoms with E-state index in [-0.39, 0.29) is 5.92 Å². The molecule has 1 spiro atoms. The largest absolute Gasteiger partial charge is 0.380 e. The molecule has 0 N–H and O–H groups in total. The fourth-order valence-corrected chi connectivity index (χ4v) is 2.24. The van der Waals surface area contributed by atoms with Gasteiger partial charge in [-0.1, -0.05) is 13.8 Å². The van der Waals surface area contributed by atoms with Gasteiger partial charge in [0.05, 0.1) is 13.2 Å². The van der Waals surface area contributed by atoms with Crippen molar-refractivity contribution in [2.45, 2.75) is 26.7 Å². The molecule has 3 nitrogen and oxygen atoms in total. The van der Waals surface area contributed by atoms with Gasteiger partial charge in [0.2, 0.25) is 5.91 Å². The van der Waals surface area contributed by atoms with Crippen LogP contribution >= 0.6 is 0 Å². The molecule has 2 fully saturated rings. The average molecular weight is 197 g/mol. The van der Waals surface area contributed by atoms with Crippen molar-refractivity contribution < 1.29 is 9.53 Å². The van der Waals surface area contributed by atoms with Gasteiger partial charge in [-0.3, -0.25) is 4.79 Å². The normalized spacial score (nSPS) is 26.3.